The number of aliphatic imine (C=N–C) groups is 1. The molecular formula is C21H33IN4O2S. The number of ether oxygens (including phenoxy) is 2. The summed E-state index contributed by atoms with van der Waals surface area (Å²) in [6, 6.07) is 6.29. The van der Waals surface area contributed by atoms with Crippen molar-refractivity contribution < 1.29 is 9.47 Å². The van der Waals surface area contributed by atoms with Crippen LogP contribution in [0.1, 0.15) is 34.7 Å². The van der Waals surface area contributed by atoms with Crippen molar-refractivity contribution in [1.82, 2.24) is 15.6 Å². The second-order valence-corrected chi connectivity index (χ2v) is 7.59. The van der Waals surface area contributed by atoms with Crippen molar-refractivity contribution in [1.29, 1.82) is 0 Å². The highest BCUT2D eigenvalue weighted by molar-refractivity contribution is 14.0. The van der Waals surface area contributed by atoms with Gasteiger partial charge >= 0.3 is 0 Å². The van der Waals surface area contributed by atoms with Gasteiger partial charge in [-0.2, -0.15) is 0 Å². The molecule has 1 heterocycles. The lowest BCUT2D eigenvalue weighted by Crippen LogP contribution is -2.37. The molecule has 2 rings (SSSR count). The van der Waals surface area contributed by atoms with Crippen LogP contribution in [0.2, 0.25) is 0 Å². The van der Waals surface area contributed by atoms with Crippen LogP contribution in [0.5, 0.6) is 5.75 Å². The molecule has 2 aromatic rings. The summed E-state index contributed by atoms with van der Waals surface area (Å²) < 4.78 is 11.0. The molecule has 6 nitrogen and oxygen atoms in total. The Bertz CT molecular complexity index is 752. The van der Waals surface area contributed by atoms with Crippen molar-refractivity contribution >= 4 is 41.3 Å². The Morgan fingerprint density at radius 1 is 1.17 bits per heavy atom. The number of thiazole rings is 1. The van der Waals surface area contributed by atoms with E-state index in [2.05, 4.69) is 51.1 Å². The Morgan fingerprint density at radius 3 is 2.69 bits per heavy atom. The van der Waals surface area contributed by atoms with Crippen LogP contribution in [0.25, 0.3) is 0 Å². The summed E-state index contributed by atoms with van der Waals surface area (Å²) >= 11 is 1.73. The molecule has 0 aliphatic rings. The third-order valence-electron chi connectivity index (χ3n) is 4.17. The fraction of sp³-hybridized carbons (Fsp3) is 0.524. The van der Waals surface area contributed by atoms with Crippen LogP contribution < -0.4 is 15.4 Å². The van der Waals surface area contributed by atoms with Crippen LogP contribution in [-0.2, 0) is 17.7 Å². The molecule has 29 heavy (non-hydrogen) atoms. The Kier molecular flexibility index (Phi) is 12.9. The molecule has 0 radical (unpaired) electrons. The van der Waals surface area contributed by atoms with E-state index in [-0.39, 0.29) is 24.0 Å². The lowest BCUT2D eigenvalue weighted by atomic mass is 10.1. The van der Waals surface area contributed by atoms with Crippen molar-refractivity contribution in [3.63, 3.8) is 0 Å². The summed E-state index contributed by atoms with van der Waals surface area (Å²) in [5.74, 6) is 1.71. The SMILES string of the molecule is CN=C(NCCCc1nc(C)cs1)NCc1ccc(C)cc1OCCCOC.I. The van der Waals surface area contributed by atoms with Crippen molar-refractivity contribution in [3.8, 4) is 5.75 Å². The molecule has 162 valence electrons. The Balaban J connectivity index is 0.00000420. The Hall–Kier alpha value is -1.39. The minimum Gasteiger partial charge on any atom is -0.493 e. The normalized spacial score (nSPS) is 11.1. The molecule has 0 bridgehead atoms. The van der Waals surface area contributed by atoms with E-state index in [0.29, 0.717) is 19.8 Å². The van der Waals surface area contributed by atoms with Gasteiger partial charge in [-0.15, -0.1) is 35.3 Å². The lowest BCUT2D eigenvalue weighted by molar-refractivity contribution is 0.172. The molecule has 8 heteroatoms. The average Bonchev–Trinajstić information content (AvgIpc) is 3.11. The topological polar surface area (TPSA) is 67.8 Å². The zero-order chi connectivity index (χ0) is 20.2. The van der Waals surface area contributed by atoms with E-state index in [1.807, 2.05) is 6.92 Å². The number of aryl methyl sites for hydroxylation is 3. The standard InChI is InChI=1S/C21H32N4O2S.HI/c1-16-8-9-18(19(13-16)27-12-6-11-26-4)14-24-21(22-3)23-10-5-7-20-25-17(2)15-28-20;/h8-9,13,15H,5-7,10-12,14H2,1-4H3,(H2,22,23,24);1H. The zero-order valence-corrected chi connectivity index (χ0v) is 20.9. The molecular weight excluding hydrogens is 499 g/mol. The highest BCUT2D eigenvalue weighted by Gasteiger charge is 2.06. The molecule has 0 unspecified atom stereocenters. The van der Waals surface area contributed by atoms with Crippen LogP contribution in [0, 0.1) is 13.8 Å². The average molecular weight is 532 g/mol. The number of hydrogen-bond acceptors (Lipinski definition) is 5. The van der Waals surface area contributed by atoms with Gasteiger partial charge in [0.25, 0.3) is 0 Å². The quantitative estimate of drug-likeness (QED) is 0.198. The van der Waals surface area contributed by atoms with E-state index in [9.17, 15) is 0 Å². The summed E-state index contributed by atoms with van der Waals surface area (Å²) in [5.41, 5.74) is 3.40. The first-order chi connectivity index (χ1) is 13.6. The highest BCUT2D eigenvalue weighted by atomic mass is 127. The smallest absolute Gasteiger partial charge is 0.191 e. The molecule has 2 N–H and O–H groups in total. The Morgan fingerprint density at radius 2 is 2.00 bits per heavy atom. The molecule has 0 fully saturated rings. The summed E-state index contributed by atoms with van der Waals surface area (Å²) in [6.45, 7) is 6.97. The van der Waals surface area contributed by atoms with Gasteiger partial charge in [-0.3, -0.25) is 4.99 Å². The van der Waals surface area contributed by atoms with E-state index in [0.717, 1.165) is 48.8 Å². The van der Waals surface area contributed by atoms with Crippen LogP contribution in [0.3, 0.4) is 0 Å². The van der Waals surface area contributed by atoms with Crippen LogP contribution in [-0.4, -0.2) is 44.9 Å². The van der Waals surface area contributed by atoms with E-state index in [1.54, 1.807) is 25.5 Å². The molecule has 1 aromatic carbocycles. The van der Waals surface area contributed by atoms with Gasteiger partial charge in [0.15, 0.2) is 5.96 Å². The first-order valence-electron chi connectivity index (χ1n) is 9.69. The second kappa shape index (κ2) is 14.6. The van der Waals surface area contributed by atoms with E-state index < -0.39 is 0 Å². The minimum absolute atomic E-state index is 0. The molecule has 0 spiro atoms. The first kappa shape index (κ1) is 25.6. The van der Waals surface area contributed by atoms with Gasteiger partial charge < -0.3 is 20.1 Å². The van der Waals surface area contributed by atoms with Gasteiger partial charge in [0.2, 0.25) is 0 Å². The third-order valence-corrected chi connectivity index (χ3v) is 5.20. The van der Waals surface area contributed by atoms with E-state index in [4.69, 9.17) is 9.47 Å². The van der Waals surface area contributed by atoms with E-state index >= 15 is 0 Å². The first-order valence-corrected chi connectivity index (χ1v) is 10.6. The molecule has 0 saturated carbocycles. The maximum Gasteiger partial charge on any atom is 0.191 e. The second-order valence-electron chi connectivity index (χ2n) is 6.64. The number of guanidine groups is 1. The molecule has 0 aliphatic heterocycles. The summed E-state index contributed by atoms with van der Waals surface area (Å²) in [5, 5.41) is 10.0. The van der Waals surface area contributed by atoms with Gasteiger partial charge in [0, 0.05) is 63.3 Å². The van der Waals surface area contributed by atoms with Gasteiger partial charge in [0.05, 0.1) is 11.6 Å². The summed E-state index contributed by atoms with van der Waals surface area (Å²) in [6.07, 6.45) is 2.88. The van der Waals surface area contributed by atoms with Crippen LogP contribution in [0.15, 0.2) is 28.6 Å². The maximum atomic E-state index is 5.95. The minimum atomic E-state index is 0. The van der Waals surface area contributed by atoms with Crippen LogP contribution in [0.4, 0.5) is 0 Å². The maximum absolute atomic E-state index is 5.95. The number of aromatic nitrogens is 1. The monoisotopic (exact) mass is 532 g/mol. The predicted octanol–water partition coefficient (Wildman–Crippen LogP) is 4.09. The van der Waals surface area contributed by atoms with Gasteiger partial charge in [-0.1, -0.05) is 12.1 Å². The number of hydrogen-bond donors (Lipinski definition) is 2. The number of nitrogens with one attached hydrogen (secondary N) is 2. The number of halogens is 1. The molecule has 0 aliphatic carbocycles. The fourth-order valence-corrected chi connectivity index (χ4v) is 3.51. The largest absolute Gasteiger partial charge is 0.493 e. The Labute approximate surface area is 195 Å². The van der Waals surface area contributed by atoms with Crippen LogP contribution >= 0.6 is 35.3 Å². The zero-order valence-electron chi connectivity index (χ0n) is 17.8. The summed E-state index contributed by atoms with van der Waals surface area (Å²) in [7, 11) is 3.50. The van der Waals surface area contributed by atoms with Crippen molar-refractivity contribution in [2.75, 3.05) is 33.9 Å². The van der Waals surface area contributed by atoms with Gasteiger partial charge in [-0.25, -0.2) is 4.98 Å². The summed E-state index contributed by atoms with van der Waals surface area (Å²) in [4.78, 5) is 8.81. The predicted molar refractivity (Wildman–Crippen MR) is 132 cm³/mol. The molecule has 1 aromatic heterocycles. The van der Waals surface area contributed by atoms with Gasteiger partial charge in [0.1, 0.15) is 5.75 Å². The highest BCUT2D eigenvalue weighted by Crippen LogP contribution is 2.20. The molecule has 0 amide bonds. The lowest BCUT2D eigenvalue weighted by Gasteiger charge is -2.15. The fourth-order valence-electron chi connectivity index (χ4n) is 2.69. The van der Waals surface area contributed by atoms with Crippen molar-refractivity contribution in [3.05, 3.63) is 45.4 Å². The number of benzene rings is 1. The third kappa shape index (κ3) is 9.77. The molecule has 0 atom stereocenters. The number of methoxy groups -OCH3 is 1. The molecule has 0 saturated heterocycles. The number of nitrogens with zero attached hydrogens (tertiary/aromatic N) is 2. The van der Waals surface area contributed by atoms with Gasteiger partial charge in [-0.05, 0) is 31.9 Å². The van der Waals surface area contributed by atoms with Crippen molar-refractivity contribution in [2.24, 2.45) is 4.99 Å². The number of rotatable bonds is 11. The van der Waals surface area contributed by atoms with E-state index in [1.165, 1.54) is 10.6 Å². The van der Waals surface area contributed by atoms with Crippen molar-refractivity contribution in [2.45, 2.75) is 39.7 Å².